The molecule has 0 aromatic rings. The number of nitrogens with one attached hydrogen (secondary N) is 1. The first-order valence-electron chi connectivity index (χ1n) is 3.77. The van der Waals surface area contributed by atoms with E-state index in [1.54, 1.807) is 0 Å². The number of hydrogen-bond donors (Lipinski definition) is 1. The van der Waals surface area contributed by atoms with Crippen LogP contribution in [-0.4, -0.2) is 18.9 Å². The summed E-state index contributed by atoms with van der Waals surface area (Å²) in [6.07, 6.45) is 3.23. The van der Waals surface area contributed by atoms with Gasteiger partial charge >= 0.3 is 0 Å². The third kappa shape index (κ3) is 1.95. The molecule has 1 rings (SSSR count). The second-order valence-electron chi connectivity index (χ2n) is 2.46. The van der Waals surface area contributed by atoms with Crippen molar-refractivity contribution >= 4 is 0 Å². The van der Waals surface area contributed by atoms with Crippen LogP contribution in [0.2, 0.25) is 0 Å². The smallest absolute Gasteiger partial charge is 0.135 e. The van der Waals surface area contributed by atoms with Crippen molar-refractivity contribution in [1.82, 2.24) is 5.32 Å². The van der Waals surface area contributed by atoms with E-state index in [0.29, 0.717) is 12.3 Å². The minimum atomic E-state index is 0.384. The van der Waals surface area contributed by atoms with Crippen molar-refractivity contribution in [3.05, 3.63) is 0 Å². The van der Waals surface area contributed by atoms with Gasteiger partial charge in [0.15, 0.2) is 0 Å². The molecular formula is C7H15NO. The molecule has 1 aliphatic rings. The average molecular weight is 129 g/mol. The van der Waals surface area contributed by atoms with Crippen LogP contribution in [0.25, 0.3) is 0 Å². The van der Waals surface area contributed by atoms with E-state index in [9.17, 15) is 0 Å². The maximum atomic E-state index is 5.26. The predicted molar refractivity (Wildman–Crippen MR) is 37.2 cm³/mol. The highest BCUT2D eigenvalue weighted by Gasteiger charge is 2.35. The lowest BCUT2D eigenvalue weighted by atomic mass is 10.3. The van der Waals surface area contributed by atoms with Gasteiger partial charge < -0.3 is 4.74 Å². The number of ether oxygens (including phenoxy) is 1. The summed E-state index contributed by atoms with van der Waals surface area (Å²) in [4.78, 5) is 0. The molecule has 2 heteroatoms. The SMILES string of the molecule is CCCNC1OC1CC. The molecule has 0 aromatic heterocycles. The molecule has 54 valence electrons. The third-order valence-electron chi connectivity index (χ3n) is 1.58. The van der Waals surface area contributed by atoms with Crippen molar-refractivity contribution in [1.29, 1.82) is 0 Å². The first kappa shape index (κ1) is 7.03. The maximum absolute atomic E-state index is 5.26. The first-order chi connectivity index (χ1) is 4.38. The van der Waals surface area contributed by atoms with Crippen molar-refractivity contribution in [3.8, 4) is 0 Å². The normalized spacial score (nSPS) is 32.7. The summed E-state index contributed by atoms with van der Waals surface area (Å²) in [6.45, 7) is 5.40. The molecule has 1 fully saturated rings. The van der Waals surface area contributed by atoms with Crippen molar-refractivity contribution in [3.63, 3.8) is 0 Å². The summed E-state index contributed by atoms with van der Waals surface area (Å²) < 4.78 is 5.26. The van der Waals surface area contributed by atoms with E-state index in [-0.39, 0.29) is 0 Å². The summed E-state index contributed by atoms with van der Waals surface area (Å²) >= 11 is 0. The molecule has 2 nitrogen and oxygen atoms in total. The van der Waals surface area contributed by atoms with E-state index in [1.165, 1.54) is 6.42 Å². The van der Waals surface area contributed by atoms with Crippen molar-refractivity contribution in [2.45, 2.75) is 39.0 Å². The average Bonchev–Trinajstić information content (AvgIpc) is 2.62. The van der Waals surface area contributed by atoms with Crippen LogP contribution in [0.15, 0.2) is 0 Å². The van der Waals surface area contributed by atoms with Crippen molar-refractivity contribution in [2.24, 2.45) is 0 Å². The molecule has 0 saturated carbocycles. The lowest BCUT2D eigenvalue weighted by Gasteiger charge is -1.93. The van der Waals surface area contributed by atoms with Crippen LogP contribution >= 0.6 is 0 Å². The summed E-state index contributed by atoms with van der Waals surface area (Å²) in [6, 6.07) is 0. The molecule has 1 aliphatic heterocycles. The zero-order valence-corrected chi connectivity index (χ0v) is 6.18. The van der Waals surface area contributed by atoms with E-state index < -0.39 is 0 Å². The molecule has 1 heterocycles. The number of epoxide rings is 1. The molecule has 0 aliphatic carbocycles. The Morgan fingerprint density at radius 3 is 2.67 bits per heavy atom. The first-order valence-corrected chi connectivity index (χ1v) is 3.77. The fourth-order valence-corrected chi connectivity index (χ4v) is 0.919. The fourth-order valence-electron chi connectivity index (χ4n) is 0.919. The molecule has 0 bridgehead atoms. The lowest BCUT2D eigenvalue weighted by Crippen LogP contribution is -2.20. The topological polar surface area (TPSA) is 24.6 Å². The Balaban J connectivity index is 1.92. The molecule has 1 saturated heterocycles. The Bertz CT molecular complexity index is 85.0. The highest BCUT2D eigenvalue weighted by Crippen LogP contribution is 2.21. The summed E-state index contributed by atoms with van der Waals surface area (Å²) in [5, 5.41) is 3.29. The lowest BCUT2D eigenvalue weighted by molar-refractivity contribution is 0.342. The molecule has 1 N–H and O–H groups in total. The molecule has 2 atom stereocenters. The highest BCUT2D eigenvalue weighted by molar-refractivity contribution is 4.80. The third-order valence-corrected chi connectivity index (χ3v) is 1.58. The molecule has 0 amide bonds. The standard InChI is InChI=1S/C7H15NO/c1-3-5-8-7-6(4-2)9-7/h6-8H,3-5H2,1-2H3. The van der Waals surface area contributed by atoms with Gasteiger partial charge in [-0.2, -0.15) is 0 Å². The van der Waals surface area contributed by atoms with Gasteiger partial charge in [0.2, 0.25) is 0 Å². The molecule has 0 radical (unpaired) electrons. The Morgan fingerprint density at radius 2 is 2.22 bits per heavy atom. The molecule has 2 unspecified atom stereocenters. The maximum Gasteiger partial charge on any atom is 0.135 e. The van der Waals surface area contributed by atoms with Gasteiger partial charge in [0.25, 0.3) is 0 Å². The summed E-state index contributed by atoms with van der Waals surface area (Å²) in [7, 11) is 0. The van der Waals surface area contributed by atoms with Gasteiger partial charge in [0.05, 0.1) is 6.10 Å². The van der Waals surface area contributed by atoms with E-state index in [4.69, 9.17) is 4.74 Å². The van der Waals surface area contributed by atoms with Crippen LogP contribution in [0.4, 0.5) is 0 Å². The Morgan fingerprint density at radius 1 is 1.44 bits per heavy atom. The fraction of sp³-hybridized carbons (Fsp3) is 1.00. The van der Waals surface area contributed by atoms with Gasteiger partial charge in [-0.15, -0.1) is 0 Å². The van der Waals surface area contributed by atoms with Gasteiger partial charge in [0, 0.05) is 0 Å². The van der Waals surface area contributed by atoms with E-state index in [0.717, 1.165) is 13.0 Å². The van der Waals surface area contributed by atoms with Crippen LogP contribution in [-0.2, 0) is 4.74 Å². The second-order valence-corrected chi connectivity index (χ2v) is 2.46. The van der Waals surface area contributed by atoms with E-state index in [1.807, 2.05) is 0 Å². The van der Waals surface area contributed by atoms with Gasteiger partial charge in [-0.1, -0.05) is 13.8 Å². The van der Waals surface area contributed by atoms with Gasteiger partial charge in [0.1, 0.15) is 6.23 Å². The zero-order valence-electron chi connectivity index (χ0n) is 6.18. The van der Waals surface area contributed by atoms with E-state index in [2.05, 4.69) is 19.2 Å². The Kier molecular flexibility index (Phi) is 2.49. The zero-order chi connectivity index (χ0) is 6.69. The quantitative estimate of drug-likeness (QED) is 0.575. The van der Waals surface area contributed by atoms with Crippen molar-refractivity contribution in [2.75, 3.05) is 6.54 Å². The second kappa shape index (κ2) is 3.18. The summed E-state index contributed by atoms with van der Waals surface area (Å²) in [5.41, 5.74) is 0. The molecule has 0 spiro atoms. The summed E-state index contributed by atoms with van der Waals surface area (Å²) in [5.74, 6) is 0. The van der Waals surface area contributed by atoms with Crippen LogP contribution in [0.3, 0.4) is 0 Å². The minimum absolute atomic E-state index is 0.384. The molecular weight excluding hydrogens is 114 g/mol. The Hall–Kier alpha value is -0.0800. The van der Waals surface area contributed by atoms with Gasteiger partial charge in [-0.3, -0.25) is 5.32 Å². The largest absolute Gasteiger partial charge is 0.353 e. The van der Waals surface area contributed by atoms with Crippen molar-refractivity contribution < 1.29 is 4.74 Å². The monoisotopic (exact) mass is 129 g/mol. The molecule has 0 aromatic carbocycles. The van der Waals surface area contributed by atoms with Crippen LogP contribution in [0, 0.1) is 0 Å². The predicted octanol–water partition coefficient (Wildman–Crippen LogP) is 1.12. The van der Waals surface area contributed by atoms with E-state index >= 15 is 0 Å². The van der Waals surface area contributed by atoms with Crippen LogP contribution < -0.4 is 5.32 Å². The van der Waals surface area contributed by atoms with Gasteiger partial charge in [-0.05, 0) is 19.4 Å². The van der Waals surface area contributed by atoms with Crippen LogP contribution in [0.5, 0.6) is 0 Å². The van der Waals surface area contributed by atoms with Crippen LogP contribution in [0.1, 0.15) is 26.7 Å². The highest BCUT2D eigenvalue weighted by atomic mass is 16.6. The number of rotatable bonds is 4. The Labute approximate surface area is 56.6 Å². The minimum Gasteiger partial charge on any atom is -0.353 e. The number of hydrogen-bond acceptors (Lipinski definition) is 2. The molecule has 9 heavy (non-hydrogen) atoms. The van der Waals surface area contributed by atoms with Gasteiger partial charge in [-0.25, -0.2) is 0 Å².